The first kappa shape index (κ1) is 20.4. The highest BCUT2D eigenvalue weighted by Crippen LogP contribution is 2.13. The number of amides is 3. The van der Waals surface area contributed by atoms with Gasteiger partial charge in [-0.05, 0) is 54.1 Å². The van der Waals surface area contributed by atoms with Gasteiger partial charge in [0.1, 0.15) is 5.56 Å². The SMILES string of the molecule is O=C(NNC(=O)c1cccn(Cc2cccc(Cl)c2)c1=O)Nc1ccc(Cl)cc1. The van der Waals surface area contributed by atoms with E-state index in [1.54, 1.807) is 54.7 Å². The van der Waals surface area contributed by atoms with Gasteiger partial charge in [0, 0.05) is 21.9 Å². The van der Waals surface area contributed by atoms with E-state index < -0.39 is 17.5 Å². The van der Waals surface area contributed by atoms with Gasteiger partial charge in [-0.2, -0.15) is 0 Å². The fourth-order valence-corrected chi connectivity index (χ4v) is 2.88. The van der Waals surface area contributed by atoms with Crippen LogP contribution >= 0.6 is 23.2 Å². The molecule has 0 atom stereocenters. The van der Waals surface area contributed by atoms with Crippen LogP contribution in [0.15, 0.2) is 71.7 Å². The van der Waals surface area contributed by atoms with Crippen LogP contribution in [0.4, 0.5) is 10.5 Å². The summed E-state index contributed by atoms with van der Waals surface area (Å²) in [6.07, 6.45) is 1.57. The molecule has 0 saturated heterocycles. The second kappa shape index (κ2) is 9.27. The molecule has 0 bridgehead atoms. The first-order valence-corrected chi connectivity index (χ1v) is 9.25. The van der Waals surface area contributed by atoms with Crippen LogP contribution < -0.4 is 21.7 Å². The van der Waals surface area contributed by atoms with Gasteiger partial charge in [0.15, 0.2) is 0 Å². The summed E-state index contributed by atoms with van der Waals surface area (Å²) >= 11 is 11.7. The molecule has 0 spiro atoms. The van der Waals surface area contributed by atoms with Crippen molar-refractivity contribution in [1.29, 1.82) is 0 Å². The third-order valence-corrected chi connectivity index (χ3v) is 4.39. The Morgan fingerprint density at radius 3 is 2.38 bits per heavy atom. The minimum atomic E-state index is -0.735. The van der Waals surface area contributed by atoms with Crippen molar-refractivity contribution in [3.63, 3.8) is 0 Å². The average Bonchev–Trinajstić information content (AvgIpc) is 2.69. The molecule has 0 aliphatic heterocycles. The number of carbonyl (C=O) groups excluding carboxylic acids is 2. The average molecular weight is 431 g/mol. The number of hydrogen-bond acceptors (Lipinski definition) is 3. The molecule has 0 unspecified atom stereocenters. The maximum Gasteiger partial charge on any atom is 0.337 e. The van der Waals surface area contributed by atoms with Crippen LogP contribution in [-0.4, -0.2) is 16.5 Å². The maximum atomic E-state index is 12.6. The lowest BCUT2D eigenvalue weighted by Gasteiger charge is -2.11. The van der Waals surface area contributed by atoms with Gasteiger partial charge in [-0.15, -0.1) is 0 Å². The van der Waals surface area contributed by atoms with Crippen molar-refractivity contribution in [2.45, 2.75) is 6.54 Å². The van der Waals surface area contributed by atoms with Crippen molar-refractivity contribution in [2.24, 2.45) is 0 Å². The van der Waals surface area contributed by atoms with Crippen molar-refractivity contribution >= 4 is 40.8 Å². The van der Waals surface area contributed by atoms with E-state index >= 15 is 0 Å². The zero-order valence-corrected chi connectivity index (χ0v) is 16.5. The second-order valence-electron chi connectivity index (χ2n) is 6.02. The standard InChI is InChI=1S/C20H16Cl2N4O3/c21-14-6-8-16(9-7-14)23-20(29)25-24-18(27)17-5-2-10-26(19(17)28)12-13-3-1-4-15(22)11-13/h1-11H,12H2,(H,24,27)(H2,23,25,29). The summed E-state index contributed by atoms with van der Waals surface area (Å²) in [5.74, 6) is -0.735. The quantitative estimate of drug-likeness (QED) is 0.551. The number of anilines is 1. The normalized spacial score (nSPS) is 10.3. The van der Waals surface area contributed by atoms with Gasteiger partial charge < -0.3 is 9.88 Å². The van der Waals surface area contributed by atoms with Crippen LogP contribution in [0.2, 0.25) is 10.0 Å². The lowest BCUT2D eigenvalue weighted by molar-refractivity contribution is 0.0936. The molecular weight excluding hydrogens is 415 g/mol. The summed E-state index contributed by atoms with van der Waals surface area (Å²) in [6, 6.07) is 15.8. The fourth-order valence-electron chi connectivity index (χ4n) is 2.54. The minimum absolute atomic E-state index is 0.110. The number of carbonyl (C=O) groups is 2. The highest BCUT2D eigenvalue weighted by atomic mass is 35.5. The molecule has 9 heteroatoms. The van der Waals surface area contributed by atoms with E-state index in [1.165, 1.54) is 10.6 Å². The van der Waals surface area contributed by atoms with Crippen molar-refractivity contribution < 1.29 is 9.59 Å². The number of nitrogens with zero attached hydrogens (tertiary/aromatic N) is 1. The molecule has 3 N–H and O–H groups in total. The molecule has 3 rings (SSSR count). The Balaban J connectivity index is 1.64. The predicted molar refractivity (Wildman–Crippen MR) is 112 cm³/mol. The molecule has 0 aliphatic carbocycles. The van der Waals surface area contributed by atoms with E-state index in [2.05, 4.69) is 16.2 Å². The Labute approximate surface area is 176 Å². The second-order valence-corrected chi connectivity index (χ2v) is 6.90. The molecule has 148 valence electrons. The number of pyridine rings is 1. The van der Waals surface area contributed by atoms with Crippen molar-refractivity contribution in [1.82, 2.24) is 15.4 Å². The molecule has 2 aromatic carbocycles. The third-order valence-electron chi connectivity index (χ3n) is 3.90. The van der Waals surface area contributed by atoms with E-state index in [-0.39, 0.29) is 12.1 Å². The lowest BCUT2D eigenvalue weighted by atomic mass is 10.2. The van der Waals surface area contributed by atoms with Crippen LogP contribution in [0.3, 0.4) is 0 Å². The van der Waals surface area contributed by atoms with E-state index in [4.69, 9.17) is 23.2 Å². The summed E-state index contributed by atoms with van der Waals surface area (Å²) in [7, 11) is 0. The van der Waals surface area contributed by atoms with Crippen LogP contribution in [0, 0.1) is 0 Å². The maximum absolute atomic E-state index is 12.6. The van der Waals surface area contributed by atoms with Crippen molar-refractivity contribution in [2.75, 3.05) is 5.32 Å². The van der Waals surface area contributed by atoms with Gasteiger partial charge in [0.25, 0.3) is 11.5 Å². The fraction of sp³-hybridized carbons (Fsp3) is 0.0500. The zero-order valence-electron chi connectivity index (χ0n) is 15.0. The molecule has 1 heterocycles. The lowest BCUT2D eigenvalue weighted by Crippen LogP contribution is -2.45. The van der Waals surface area contributed by atoms with Gasteiger partial charge in [-0.25, -0.2) is 10.2 Å². The van der Waals surface area contributed by atoms with Crippen LogP contribution in [0.5, 0.6) is 0 Å². The number of benzene rings is 2. The van der Waals surface area contributed by atoms with E-state index in [9.17, 15) is 14.4 Å². The molecule has 29 heavy (non-hydrogen) atoms. The third kappa shape index (κ3) is 5.60. The Hall–Kier alpha value is -3.29. The van der Waals surface area contributed by atoms with E-state index in [1.807, 2.05) is 6.07 Å². The van der Waals surface area contributed by atoms with Gasteiger partial charge >= 0.3 is 6.03 Å². The zero-order chi connectivity index (χ0) is 20.8. The number of hydrogen-bond donors (Lipinski definition) is 3. The molecule has 0 aliphatic rings. The number of halogens is 2. The summed E-state index contributed by atoms with van der Waals surface area (Å²) in [6.45, 7) is 0.255. The highest BCUT2D eigenvalue weighted by Gasteiger charge is 2.13. The number of rotatable bonds is 4. The van der Waals surface area contributed by atoms with E-state index in [0.717, 1.165) is 5.56 Å². The minimum Gasteiger partial charge on any atom is -0.310 e. The molecule has 3 aromatic rings. The molecule has 3 amide bonds. The monoisotopic (exact) mass is 430 g/mol. The number of urea groups is 1. The predicted octanol–water partition coefficient (Wildman–Crippen LogP) is 3.67. The Bertz CT molecular complexity index is 1100. The summed E-state index contributed by atoms with van der Waals surface area (Å²) in [5, 5.41) is 3.61. The molecule has 7 nitrogen and oxygen atoms in total. The van der Waals surface area contributed by atoms with Crippen LogP contribution in [-0.2, 0) is 6.54 Å². The summed E-state index contributed by atoms with van der Waals surface area (Å²) in [4.78, 5) is 36.8. The van der Waals surface area contributed by atoms with Crippen molar-refractivity contribution in [3.8, 4) is 0 Å². The first-order chi connectivity index (χ1) is 13.9. The Morgan fingerprint density at radius 1 is 0.897 bits per heavy atom. The Morgan fingerprint density at radius 2 is 1.66 bits per heavy atom. The molecule has 0 radical (unpaired) electrons. The molecular formula is C20H16Cl2N4O3. The largest absolute Gasteiger partial charge is 0.337 e. The topological polar surface area (TPSA) is 92.2 Å². The number of hydrazine groups is 1. The van der Waals surface area contributed by atoms with Gasteiger partial charge in [-0.3, -0.25) is 15.0 Å². The van der Waals surface area contributed by atoms with Crippen LogP contribution in [0.1, 0.15) is 15.9 Å². The summed E-state index contributed by atoms with van der Waals surface area (Å²) in [5.41, 5.74) is 5.11. The van der Waals surface area contributed by atoms with Crippen molar-refractivity contribution in [3.05, 3.63) is 98.4 Å². The summed E-state index contributed by atoms with van der Waals surface area (Å²) < 4.78 is 1.38. The van der Waals surface area contributed by atoms with Gasteiger partial charge in [0.05, 0.1) is 6.54 Å². The smallest absolute Gasteiger partial charge is 0.310 e. The van der Waals surface area contributed by atoms with E-state index in [0.29, 0.717) is 15.7 Å². The van der Waals surface area contributed by atoms with Crippen LogP contribution in [0.25, 0.3) is 0 Å². The molecule has 1 aromatic heterocycles. The first-order valence-electron chi connectivity index (χ1n) is 8.49. The van der Waals surface area contributed by atoms with Gasteiger partial charge in [0.2, 0.25) is 0 Å². The highest BCUT2D eigenvalue weighted by molar-refractivity contribution is 6.30. The Kier molecular flexibility index (Phi) is 6.54. The number of nitrogens with one attached hydrogen (secondary N) is 3. The number of aromatic nitrogens is 1. The molecule has 0 fully saturated rings. The molecule has 0 saturated carbocycles. The van der Waals surface area contributed by atoms with Gasteiger partial charge in [-0.1, -0.05) is 35.3 Å².